The Morgan fingerprint density at radius 1 is 0.943 bits per heavy atom. The predicted molar refractivity (Wildman–Crippen MR) is 139 cm³/mol. The minimum atomic E-state index is -1.13. The van der Waals surface area contributed by atoms with E-state index in [-0.39, 0.29) is 18.3 Å². The molecule has 0 aromatic heterocycles. The molecule has 0 fully saturated rings. The predicted octanol–water partition coefficient (Wildman–Crippen LogP) is 1.55. The van der Waals surface area contributed by atoms with Gasteiger partial charge in [-0.15, -0.1) is 0 Å². The van der Waals surface area contributed by atoms with Crippen molar-refractivity contribution < 1.29 is 24.3 Å². The molecule has 9 nitrogen and oxygen atoms in total. The summed E-state index contributed by atoms with van der Waals surface area (Å²) < 4.78 is 0. The molecule has 1 rings (SSSR count). The summed E-state index contributed by atoms with van der Waals surface area (Å²) in [7, 11) is 0. The summed E-state index contributed by atoms with van der Waals surface area (Å²) in [6.07, 6.45) is 2.97. The average molecular weight is 509 g/mol. The van der Waals surface area contributed by atoms with Crippen LogP contribution in [0.25, 0.3) is 0 Å². The van der Waals surface area contributed by atoms with Crippen molar-refractivity contribution in [2.45, 2.75) is 71.1 Å². The highest BCUT2D eigenvalue weighted by atomic mass is 32.2. The fourth-order valence-corrected chi connectivity index (χ4v) is 3.81. The topological polar surface area (TPSA) is 151 Å². The van der Waals surface area contributed by atoms with Crippen molar-refractivity contribution in [2.75, 3.05) is 12.0 Å². The summed E-state index contributed by atoms with van der Waals surface area (Å²) in [5, 5.41) is 17.6. The fourth-order valence-electron chi connectivity index (χ4n) is 3.34. The first-order valence-electron chi connectivity index (χ1n) is 11.9. The first kappa shape index (κ1) is 30.4. The van der Waals surface area contributed by atoms with Gasteiger partial charge in [-0.2, -0.15) is 11.8 Å². The van der Waals surface area contributed by atoms with Gasteiger partial charge in [0.2, 0.25) is 17.7 Å². The summed E-state index contributed by atoms with van der Waals surface area (Å²) >= 11 is 1.51. The summed E-state index contributed by atoms with van der Waals surface area (Å²) in [5.74, 6) is -2.50. The van der Waals surface area contributed by atoms with Gasteiger partial charge in [-0.05, 0) is 35.8 Å². The van der Waals surface area contributed by atoms with Crippen molar-refractivity contribution in [2.24, 2.45) is 17.6 Å². The van der Waals surface area contributed by atoms with Gasteiger partial charge in [0, 0.05) is 6.42 Å². The second-order valence-electron chi connectivity index (χ2n) is 9.07. The highest BCUT2D eigenvalue weighted by Gasteiger charge is 2.32. The van der Waals surface area contributed by atoms with Crippen molar-refractivity contribution >= 4 is 35.5 Å². The zero-order chi connectivity index (χ0) is 26.5. The molecule has 0 spiro atoms. The van der Waals surface area contributed by atoms with Crippen LogP contribution in [0.1, 0.15) is 46.1 Å². The van der Waals surface area contributed by atoms with E-state index in [1.165, 1.54) is 11.8 Å². The molecule has 0 aliphatic rings. The summed E-state index contributed by atoms with van der Waals surface area (Å²) in [6.45, 7) is 7.22. The number of carboxylic acids is 1. The number of nitrogens with one attached hydrogen (secondary N) is 3. The summed E-state index contributed by atoms with van der Waals surface area (Å²) in [6, 6.07) is 5.45. The number of rotatable bonds is 15. The van der Waals surface area contributed by atoms with Crippen molar-refractivity contribution in [3.63, 3.8) is 0 Å². The van der Waals surface area contributed by atoms with E-state index < -0.39 is 47.9 Å². The number of carbonyl (C=O) groups is 4. The van der Waals surface area contributed by atoms with Gasteiger partial charge in [0.1, 0.15) is 18.1 Å². The van der Waals surface area contributed by atoms with Crippen LogP contribution in [-0.2, 0) is 25.6 Å². The van der Waals surface area contributed by atoms with Gasteiger partial charge in [-0.1, -0.05) is 64.4 Å². The third-order valence-corrected chi connectivity index (χ3v) is 6.60. The quantitative estimate of drug-likeness (QED) is 0.241. The van der Waals surface area contributed by atoms with Crippen LogP contribution in [-0.4, -0.2) is 65.0 Å². The average Bonchev–Trinajstić information content (AvgIpc) is 2.83. The number of nitrogens with two attached hydrogens (primary N) is 1. The molecule has 6 N–H and O–H groups in total. The van der Waals surface area contributed by atoms with Gasteiger partial charge >= 0.3 is 5.97 Å². The SMILES string of the molecule is CCC(C)C(NC(=O)C(CCSC)NC(=O)C(Cc1ccccc1)NC(=O)C(N)C(C)C)C(=O)O. The van der Waals surface area contributed by atoms with E-state index in [9.17, 15) is 24.3 Å². The Labute approximate surface area is 212 Å². The molecule has 1 aromatic carbocycles. The van der Waals surface area contributed by atoms with Crippen LogP contribution in [0.4, 0.5) is 0 Å². The molecule has 0 saturated carbocycles. The molecule has 3 amide bonds. The number of carbonyl (C=O) groups excluding carboxylic acids is 3. The van der Waals surface area contributed by atoms with Gasteiger partial charge in [0.05, 0.1) is 6.04 Å². The Kier molecular flexibility index (Phi) is 13.4. The zero-order valence-corrected chi connectivity index (χ0v) is 22.1. The molecule has 5 unspecified atom stereocenters. The van der Waals surface area contributed by atoms with E-state index in [4.69, 9.17) is 5.73 Å². The van der Waals surface area contributed by atoms with E-state index in [2.05, 4.69) is 16.0 Å². The minimum Gasteiger partial charge on any atom is -0.480 e. The molecule has 1 aromatic rings. The standard InChI is InChI=1S/C25H40N4O5S/c1-6-16(4)21(25(33)34)29-22(30)18(12-13-35-5)27-23(31)19(14-17-10-8-7-9-11-17)28-24(32)20(26)15(2)3/h7-11,15-16,18-21H,6,12-14,26H2,1-5H3,(H,27,31)(H,28,32)(H,29,30)(H,33,34). The van der Waals surface area contributed by atoms with Crippen LogP contribution in [0.5, 0.6) is 0 Å². The number of carboxylic acid groups (broad SMARTS) is 1. The highest BCUT2D eigenvalue weighted by molar-refractivity contribution is 7.98. The van der Waals surface area contributed by atoms with Crippen molar-refractivity contribution in [3.8, 4) is 0 Å². The molecular formula is C25H40N4O5S. The number of benzene rings is 1. The highest BCUT2D eigenvalue weighted by Crippen LogP contribution is 2.11. The van der Waals surface area contributed by atoms with E-state index in [1.807, 2.05) is 57.4 Å². The second kappa shape index (κ2) is 15.4. The maximum absolute atomic E-state index is 13.3. The normalized spacial score (nSPS) is 15.4. The first-order chi connectivity index (χ1) is 16.5. The van der Waals surface area contributed by atoms with Gasteiger partial charge < -0.3 is 26.8 Å². The molecule has 0 bridgehead atoms. The van der Waals surface area contributed by atoms with Crippen molar-refractivity contribution in [1.29, 1.82) is 0 Å². The lowest BCUT2D eigenvalue weighted by Crippen LogP contribution is -2.58. The number of hydrogen-bond acceptors (Lipinski definition) is 6. The minimum absolute atomic E-state index is 0.121. The molecule has 0 radical (unpaired) electrons. The van der Waals surface area contributed by atoms with Crippen LogP contribution in [0.3, 0.4) is 0 Å². The lowest BCUT2D eigenvalue weighted by Gasteiger charge is -2.27. The lowest BCUT2D eigenvalue weighted by molar-refractivity contribution is -0.143. The van der Waals surface area contributed by atoms with E-state index in [0.717, 1.165) is 5.56 Å². The Morgan fingerprint density at radius 3 is 2.03 bits per heavy atom. The molecule has 196 valence electrons. The molecular weight excluding hydrogens is 468 g/mol. The monoisotopic (exact) mass is 508 g/mol. The Hall–Kier alpha value is -2.59. The second-order valence-corrected chi connectivity index (χ2v) is 10.1. The smallest absolute Gasteiger partial charge is 0.326 e. The van der Waals surface area contributed by atoms with E-state index in [0.29, 0.717) is 18.6 Å². The van der Waals surface area contributed by atoms with Gasteiger partial charge in [-0.25, -0.2) is 4.79 Å². The Bertz CT molecular complexity index is 836. The molecule has 0 aliphatic carbocycles. The summed E-state index contributed by atoms with van der Waals surface area (Å²) in [4.78, 5) is 50.6. The molecule has 0 heterocycles. The number of hydrogen-bond donors (Lipinski definition) is 5. The van der Waals surface area contributed by atoms with Gasteiger partial charge in [0.25, 0.3) is 0 Å². The fraction of sp³-hybridized carbons (Fsp3) is 0.600. The van der Waals surface area contributed by atoms with Crippen molar-refractivity contribution in [3.05, 3.63) is 35.9 Å². The van der Waals surface area contributed by atoms with Crippen molar-refractivity contribution in [1.82, 2.24) is 16.0 Å². The number of amides is 3. The zero-order valence-electron chi connectivity index (χ0n) is 21.2. The molecule has 10 heteroatoms. The Morgan fingerprint density at radius 2 is 1.51 bits per heavy atom. The molecule has 35 heavy (non-hydrogen) atoms. The maximum atomic E-state index is 13.3. The molecule has 0 saturated heterocycles. The van der Waals surface area contributed by atoms with E-state index in [1.54, 1.807) is 6.92 Å². The first-order valence-corrected chi connectivity index (χ1v) is 13.3. The number of aliphatic carboxylic acids is 1. The lowest BCUT2D eigenvalue weighted by atomic mass is 9.98. The molecule has 0 aliphatic heterocycles. The summed E-state index contributed by atoms with van der Waals surface area (Å²) in [5.41, 5.74) is 6.81. The van der Waals surface area contributed by atoms with Crippen LogP contribution in [0.15, 0.2) is 30.3 Å². The number of thioether (sulfide) groups is 1. The Balaban J connectivity index is 3.10. The maximum Gasteiger partial charge on any atom is 0.326 e. The van der Waals surface area contributed by atoms with Gasteiger partial charge in [-0.3, -0.25) is 14.4 Å². The van der Waals surface area contributed by atoms with Crippen LogP contribution >= 0.6 is 11.8 Å². The van der Waals surface area contributed by atoms with Gasteiger partial charge in [0.15, 0.2) is 0 Å². The van der Waals surface area contributed by atoms with E-state index >= 15 is 0 Å². The third kappa shape index (κ3) is 10.3. The largest absolute Gasteiger partial charge is 0.480 e. The van der Waals surface area contributed by atoms with Crippen LogP contribution in [0.2, 0.25) is 0 Å². The van der Waals surface area contributed by atoms with Crippen LogP contribution in [0, 0.1) is 11.8 Å². The third-order valence-electron chi connectivity index (χ3n) is 5.96. The molecule has 5 atom stereocenters. The van der Waals surface area contributed by atoms with Crippen LogP contribution < -0.4 is 21.7 Å².